The lowest BCUT2D eigenvalue weighted by Gasteiger charge is -2.26. The number of carbonyl (C=O) groups is 1. The number of nitrogens with zero attached hydrogens (tertiary/aromatic N) is 5. The molecule has 2 aromatic rings. The topological polar surface area (TPSA) is 102 Å². The van der Waals surface area contributed by atoms with E-state index in [1.165, 1.54) is 24.4 Å². The Morgan fingerprint density at radius 1 is 1.38 bits per heavy atom. The maximum Gasteiger partial charge on any atom is 0.144 e. The zero-order valence-corrected chi connectivity index (χ0v) is 15.5. The maximum atomic E-state index is 12.7. The Morgan fingerprint density at radius 3 is 2.58 bits per heavy atom. The molecule has 1 aromatic carbocycles. The van der Waals surface area contributed by atoms with Crippen LogP contribution < -0.4 is 0 Å². The summed E-state index contributed by atoms with van der Waals surface area (Å²) in [5.74, 6) is -0.845. The van der Waals surface area contributed by atoms with Crippen molar-refractivity contribution in [1.82, 2.24) is 14.8 Å². The van der Waals surface area contributed by atoms with Gasteiger partial charge in [0.05, 0.1) is 11.6 Å². The third-order valence-corrected chi connectivity index (χ3v) is 4.20. The molecule has 0 fully saturated rings. The minimum absolute atomic E-state index is 0.0982. The first kappa shape index (κ1) is 19.6. The second-order valence-electron chi connectivity index (χ2n) is 5.53. The van der Waals surface area contributed by atoms with Crippen LogP contribution in [0.25, 0.3) is 0 Å². The zero-order valence-electron chi connectivity index (χ0n) is 14.7. The molecule has 0 aliphatic carbocycles. The average molecular weight is 378 g/mol. The molecule has 2 atom stereocenters. The van der Waals surface area contributed by atoms with E-state index >= 15 is 0 Å². The molecule has 2 rings (SSSR count). The Kier molecular flexibility index (Phi) is 6.85. The number of rotatable bonds is 8. The molecule has 0 saturated heterocycles. The molecule has 0 bridgehead atoms. The van der Waals surface area contributed by atoms with Crippen LogP contribution in [0.2, 0.25) is 5.02 Å². The van der Waals surface area contributed by atoms with Crippen molar-refractivity contribution in [1.29, 1.82) is 0 Å². The summed E-state index contributed by atoms with van der Waals surface area (Å²) in [5.41, 5.74) is 1.27. The summed E-state index contributed by atoms with van der Waals surface area (Å²) in [6.45, 7) is 3.44. The summed E-state index contributed by atoms with van der Waals surface area (Å²) in [7, 11) is 1.40. The summed E-state index contributed by atoms with van der Waals surface area (Å²) in [4.78, 5) is 21.5. The predicted molar refractivity (Wildman–Crippen MR) is 97.7 cm³/mol. The molecular weight excluding hydrogens is 358 g/mol. The molecule has 0 aliphatic rings. The molecule has 138 valence electrons. The van der Waals surface area contributed by atoms with Gasteiger partial charge in [-0.05, 0) is 19.1 Å². The number of Topliss-reactive ketones (excluding diaryl/α,β-unsaturated/α-hetero) is 1. The highest BCUT2D eigenvalue weighted by atomic mass is 35.5. The third kappa shape index (κ3) is 4.26. The number of benzene rings is 1. The number of ketones is 1. The van der Waals surface area contributed by atoms with Gasteiger partial charge in [-0.15, -0.1) is 0 Å². The van der Waals surface area contributed by atoms with Gasteiger partial charge in [0.2, 0.25) is 0 Å². The van der Waals surface area contributed by atoms with Crippen molar-refractivity contribution in [2.75, 3.05) is 7.11 Å². The van der Waals surface area contributed by atoms with Crippen LogP contribution in [0.4, 0.5) is 0 Å². The molecule has 0 spiro atoms. The van der Waals surface area contributed by atoms with Gasteiger partial charge in [0.1, 0.15) is 37.3 Å². The largest absolute Gasteiger partial charge is 0.411 e. The summed E-state index contributed by atoms with van der Waals surface area (Å²) in [5, 5.41) is 21.8. The van der Waals surface area contributed by atoms with E-state index in [9.17, 15) is 10.0 Å². The van der Waals surface area contributed by atoms with Crippen molar-refractivity contribution in [2.24, 2.45) is 16.2 Å². The van der Waals surface area contributed by atoms with E-state index in [1.807, 2.05) is 0 Å². The molecule has 0 aliphatic heterocycles. The second-order valence-corrected chi connectivity index (χ2v) is 5.96. The Morgan fingerprint density at radius 2 is 2.08 bits per heavy atom. The molecule has 2 unspecified atom stereocenters. The van der Waals surface area contributed by atoms with Crippen LogP contribution in [0, 0.1) is 5.92 Å². The fourth-order valence-electron chi connectivity index (χ4n) is 2.76. The quantitative estimate of drug-likeness (QED) is 0.433. The molecule has 8 nitrogen and oxygen atoms in total. The van der Waals surface area contributed by atoms with Crippen LogP contribution in [0.1, 0.15) is 31.9 Å². The number of carbonyl (C=O) groups excluding carboxylic acids is 1. The third-order valence-electron chi connectivity index (χ3n) is 3.95. The van der Waals surface area contributed by atoms with Gasteiger partial charge < -0.3 is 10.0 Å². The second kappa shape index (κ2) is 9.10. The van der Waals surface area contributed by atoms with E-state index < -0.39 is 12.0 Å². The van der Waals surface area contributed by atoms with Crippen molar-refractivity contribution < 1.29 is 14.8 Å². The van der Waals surface area contributed by atoms with E-state index in [0.29, 0.717) is 16.3 Å². The Hall–Kier alpha value is -2.74. The molecular formula is C17H20ClN5O3. The van der Waals surface area contributed by atoms with Crippen molar-refractivity contribution in [3.8, 4) is 0 Å². The summed E-state index contributed by atoms with van der Waals surface area (Å²) < 4.78 is 1.47. The average Bonchev–Trinajstić information content (AvgIpc) is 3.17. The molecule has 26 heavy (non-hydrogen) atoms. The normalized spacial score (nSPS) is 14.8. The fraction of sp³-hybridized carbons (Fsp3) is 0.353. The lowest BCUT2D eigenvalue weighted by atomic mass is 9.84. The van der Waals surface area contributed by atoms with Gasteiger partial charge in [-0.25, -0.2) is 9.67 Å². The minimum atomic E-state index is -0.755. The van der Waals surface area contributed by atoms with Crippen LogP contribution >= 0.6 is 11.6 Å². The van der Waals surface area contributed by atoms with E-state index in [2.05, 4.69) is 20.4 Å². The van der Waals surface area contributed by atoms with Crippen molar-refractivity contribution in [3.05, 3.63) is 47.5 Å². The smallest absolute Gasteiger partial charge is 0.144 e. The summed E-state index contributed by atoms with van der Waals surface area (Å²) >= 11 is 5.95. The molecule has 1 aromatic heterocycles. The molecule has 9 heteroatoms. The lowest BCUT2D eigenvalue weighted by molar-refractivity contribution is -0.121. The SMILES string of the molecule is CCC(=O)C(C(C)=NOC)C(C(=NO)c1ccc(Cl)cc1)n1cncn1. The highest BCUT2D eigenvalue weighted by molar-refractivity contribution is 6.30. The van der Waals surface area contributed by atoms with Crippen molar-refractivity contribution in [3.63, 3.8) is 0 Å². The van der Waals surface area contributed by atoms with Gasteiger partial charge in [-0.1, -0.05) is 41.0 Å². The summed E-state index contributed by atoms with van der Waals surface area (Å²) in [6, 6.07) is 6.00. The van der Waals surface area contributed by atoms with E-state index in [4.69, 9.17) is 16.4 Å². The number of hydrogen-bond acceptors (Lipinski definition) is 7. The lowest BCUT2D eigenvalue weighted by Crippen LogP contribution is -2.37. The molecule has 1 heterocycles. The zero-order chi connectivity index (χ0) is 19.1. The Bertz CT molecular complexity index is 787. The first-order chi connectivity index (χ1) is 12.5. The fourth-order valence-corrected chi connectivity index (χ4v) is 2.89. The van der Waals surface area contributed by atoms with Gasteiger partial charge in [-0.3, -0.25) is 4.79 Å². The van der Waals surface area contributed by atoms with E-state index in [-0.39, 0.29) is 17.9 Å². The number of oxime groups is 2. The molecule has 0 saturated carbocycles. The molecule has 1 N–H and O–H groups in total. The first-order valence-corrected chi connectivity index (χ1v) is 8.33. The maximum absolute atomic E-state index is 12.7. The van der Waals surface area contributed by atoms with Crippen LogP contribution in [0.3, 0.4) is 0 Å². The minimum Gasteiger partial charge on any atom is -0.411 e. The first-order valence-electron chi connectivity index (χ1n) is 7.95. The van der Waals surface area contributed by atoms with Crippen molar-refractivity contribution in [2.45, 2.75) is 26.3 Å². The number of halogens is 1. The van der Waals surface area contributed by atoms with Crippen molar-refractivity contribution >= 4 is 28.8 Å². The molecule has 0 amide bonds. The van der Waals surface area contributed by atoms with E-state index in [1.54, 1.807) is 38.1 Å². The van der Waals surface area contributed by atoms with E-state index in [0.717, 1.165) is 0 Å². The highest BCUT2D eigenvalue weighted by Gasteiger charge is 2.37. The Balaban J connectivity index is 2.62. The monoisotopic (exact) mass is 377 g/mol. The van der Waals surface area contributed by atoms with Gasteiger partial charge in [0.15, 0.2) is 0 Å². The van der Waals surface area contributed by atoms with Crippen LogP contribution in [-0.2, 0) is 9.63 Å². The van der Waals surface area contributed by atoms with Gasteiger partial charge >= 0.3 is 0 Å². The number of hydrogen-bond donors (Lipinski definition) is 1. The standard InChI is InChI=1S/C17H20ClN5O3/c1-4-14(24)15(11(2)22-26-3)17(23-10-19-9-20-23)16(21-25)12-5-7-13(18)8-6-12/h5-10,15,17,25H,4H2,1-3H3. The van der Waals surface area contributed by atoms with Crippen LogP contribution in [0.5, 0.6) is 0 Å². The van der Waals surface area contributed by atoms with Gasteiger partial charge in [0, 0.05) is 17.0 Å². The van der Waals surface area contributed by atoms with Crippen LogP contribution in [0.15, 0.2) is 47.2 Å². The Labute approximate surface area is 156 Å². The number of aromatic nitrogens is 3. The van der Waals surface area contributed by atoms with Gasteiger partial charge in [-0.2, -0.15) is 5.10 Å². The van der Waals surface area contributed by atoms with Crippen LogP contribution in [-0.4, -0.2) is 44.3 Å². The summed E-state index contributed by atoms with van der Waals surface area (Å²) in [6.07, 6.45) is 3.08. The predicted octanol–water partition coefficient (Wildman–Crippen LogP) is 2.97. The highest BCUT2D eigenvalue weighted by Crippen LogP contribution is 2.27. The van der Waals surface area contributed by atoms with Gasteiger partial charge in [0.25, 0.3) is 0 Å². The molecule has 0 radical (unpaired) electrons.